The smallest absolute Gasteiger partial charge is 0.162 e. The lowest BCUT2D eigenvalue weighted by molar-refractivity contribution is -0.117. The van der Waals surface area contributed by atoms with Gasteiger partial charge in [-0.1, -0.05) is 29.8 Å². The normalized spacial score (nSPS) is 10.6. The summed E-state index contributed by atoms with van der Waals surface area (Å²) in [5.41, 5.74) is 0.529. The average molecular weight is 299 g/mol. The monoisotopic (exact) mass is 298 g/mol. The molecule has 0 heterocycles. The summed E-state index contributed by atoms with van der Waals surface area (Å²) in [5.74, 6) is -2.88. The molecule has 0 aliphatic heterocycles. The third-order valence-electron chi connectivity index (χ3n) is 2.80. The van der Waals surface area contributed by atoms with Crippen molar-refractivity contribution in [3.05, 3.63) is 70.0 Å². The number of carbonyl (C=O) groups excluding carboxylic acids is 1. The molecule has 2 rings (SSSR count). The molecule has 0 bridgehead atoms. The Hall–Kier alpha value is -1.81. The summed E-state index contributed by atoms with van der Waals surface area (Å²) in [6.45, 7) is 0. The highest BCUT2D eigenvalue weighted by atomic mass is 35.5. The van der Waals surface area contributed by atoms with Crippen LogP contribution in [0.2, 0.25) is 5.02 Å². The topological polar surface area (TPSA) is 17.1 Å². The van der Waals surface area contributed by atoms with Gasteiger partial charge in [-0.15, -0.1) is 0 Å². The number of hydrogen-bond acceptors (Lipinski definition) is 1. The molecule has 1 nitrogen and oxygen atoms in total. The third kappa shape index (κ3) is 3.39. The molecule has 0 aromatic heterocycles. The molecule has 0 N–H and O–H groups in total. The predicted octanol–water partition coefficient (Wildman–Crippen LogP) is 4.11. The fraction of sp³-hybridized carbons (Fsp3) is 0.133. The molecule has 2 aromatic carbocycles. The van der Waals surface area contributed by atoms with Gasteiger partial charge in [0, 0.05) is 12.8 Å². The maximum atomic E-state index is 13.4. The molecule has 0 spiro atoms. The van der Waals surface area contributed by atoms with Gasteiger partial charge < -0.3 is 0 Å². The second-order valence-electron chi connectivity index (χ2n) is 4.35. The van der Waals surface area contributed by atoms with Crippen LogP contribution in [0, 0.1) is 17.5 Å². The second-order valence-corrected chi connectivity index (χ2v) is 4.76. The standard InChI is InChI=1S/C15H10ClF3O/c16-12-7-9(4-5-13(12)17)6-11(20)8-10-2-1-3-14(18)15(10)19/h1-5,7H,6,8H2. The third-order valence-corrected chi connectivity index (χ3v) is 3.09. The summed E-state index contributed by atoms with van der Waals surface area (Å²) >= 11 is 5.61. The Balaban J connectivity index is 2.09. The SMILES string of the molecule is O=C(Cc1ccc(F)c(Cl)c1)Cc1cccc(F)c1F. The Bertz CT molecular complexity index is 656. The molecule has 2 aromatic rings. The molecule has 20 heavy (non-hydrogen) atoms. The van der Waals surface area contributed by atoms with E-state index in [0.717, 1.165) is 12.1 Å². The maximum absolute atomic E-state index is 13.4. The van der Waals surface area contributed by atoms with Crippen molar-refractivity contribution in [2.45, 2.75) is 12.8 Å². The minimum atomic E-state index is -1.02. The van der Waals surface area contributed by atoms with Crippen LogP contribution in [0.3, 0.4) is 0 Å². The lowest BCUT2D eigenvalue weighted by atomic mass is 10.0. The largest absolute Gasteiger partial charge is 0.299 e. The van der Waals surface area contributed by atoms with E-state index >= 15 is 0 Å². The highest BCUT2D eigenvalue weighted by Crippen LogP contribution is 2.18. The van der Waals surface area contributed by atoms with Gasteiger partial charge in [0.2, 0.25) is 0 Å². The van der Waals surface area contributed by atoms with Crippen LogP contribution < -0.4 is 0 Å². The molecular formula is C15H10ClF3O. The van der Waals surface area contributed by atoms with Crippen molar-refractivity contribution in [2.75, 3.05) is 0 Å². The first-order valence-electron chi connectivity index (χ1n) is 5.86. The Labute approximate surface area is 119 Å². The summed E-state index contributed by atoms with van der Waals surface area (Å²) in [7, 11) is 0. The lowest BCUT2D eigenvalue weighted by Crippen LogP contribution is -2.08. The fourth-order valence-corrected chi connectivity index (χ4v) is 2.04. The predicted molar refractivity (Wildman–Crippen MR) is 70.2 cm³/mol. The molecule has 0 aliphatic rings. The van der Waals surface area contributed by atoms with Gasteiger partial charge in [0.05, 0.1) is 5.02 Å². The van der Waals surface area contributed by atoms with Crippen LogP contribution in [-0.2, 0) is 17.6 Å². The van der Waals surface area contributed by atoms with Gasteiger partial charge in [-0.05, 0) is 29.3 Å². The number of carbonyl (C=O) groups is 1. The van der Waals surface area contributed by atoms with Gasteiger partial charge >= 0.3 is 0 Å². The quantitative estimate of drug-likeness (QED) is 0.830. The van der Waals surface area contributed by atoms with Gasteiger partial charge in [0.25, 0.3) is 0 Å². The zero-order valence-corrected chi connectivity index (χ0v) is 11.1. The molecule has 0 saturated heterocycles. The highest BCUT2D eigenvalue weighted by molar-refractivity contribution is 6.30. The maximum Gasteiger partial charge on any atom is 0.162 e. The number of ketones is 1. The molecule has 5 heteroatoms. The van der Waals surface area contributed by atoms with E-state index in [1.807, 2.05) is 0 Å². The Morgan fingerprint density at radius 2 is 1.75 bits per heavy atom. The van der Waals surface area contributed by atoms with Crippen LogP contribution >= 0.6 is 11.6 Å². The molecule has 0 fully saturated rings. The van der Waals surface area contributed by atoms with Crippen LogP contribution in [0.15, 0.2) is 36.4 Å². The Morgan fingerprint density at radius 1 is 1.00 bits per heavy atom. The summed E-state index contributed by atoms with van der Waals surface area (Å²) in [6, 6.07) is 7.62. The van der Waals surface area contributed by atoms with E-state index in [4.69, 9.17) is 11.6 Å². The fourth-order valence-electron chi connectivity index (χ4n) is 1.84. The zero-order chi connectivity index (χ0) is 14.7. The second kappa shape index (κ2) is 6.09. The Kier molecular flexibility index (Phi) is 4.45. The highest BCUT2D eigenvalue weighted by Gasteiger charge is 2.12. The minimum Gasteiger partial charge on any atom is -0.299 e. The van der Waals surface area contributed by atoms with E-state index in [9.17, 15) is 18.0 Å². The lowest BCUT2D eigenvalue weighted by Gasteiger charge is -2.05. The van der Waals surface area contributed by atoms with Crippen LogP contribution in [0.4, 0.5) is 13.2 Å². The van der Waals surface area contributed by atoms with Crippen LogP contribution in [0.1, 0.15) is 11.1 Å². The van der Waals surface area contributed by atoms with Gasteiger partial charge in [-0.2, -0.15) is 0 Å². The number of halogens is 4. The molecule has 0 saturated carbocycles. The number of benzene rings is 2. The molecule has 0 atom stereocenters. The van der Waals surface area contributed by atoms with E-state index in [1.54, 1.807) is 0 Å². The van der Waals surface area contributed by atoms with Crippen molar-refractivity contribution in [2.24, 2.45) is 0 Å². The summed E-state index contributed by atoms with van der Waals surface area (Å²) < 4.78 is 39.4. The van der Waals surface area contributed by atoms with Gasteiger partial charge in [-0.3, -0.25) is 4.79 Å². The summed E-state index contributed by atoms with van der Waals surface area (Å²) in [6.07, 6.45) is -0.242. The molecule has 0 amide bonds. The number of hydrogen-bond donors (Lipinski definition) is 0. The molecule has 0 unspecified atom stereocenters. The van der Waals surface area contributed by atoms with Gasteiger partial charge in [-0.25, -0.2) is 13.2 Å². The summed E-state index contributed by atoms with van der Waals surface area (Å²) in [4.78, 5) is 11.8. The van der Waals surface area contributed by atoms with E-state index in [-0.39, 0.29) is 29.2 Å². The minimum absolute atomic E-state index is 0.00297. The number of Topliss-reactive ketones (excluding diaryl/α,β-unsaturated/α-hetero) is 1. The van der Waals surface area contributed by atoms with Crippen molar-refractivity contribution in [3.8, 4) is 0 Å². The summed E-state index contributed by atoms with van der Waals surface area (Å²) in [5, 5.41) is -0.0766. The van der Waals surface area contributed by atoms with Crippen LogP contribution in [-0.4, -0.2) is 5.78 Å². The van der Waals surface area contributed by atoms with Crippen molar-refractivity contribution in [1.82, 2.24) is 0 Å². The number of rotatable bonds is 4. The van der Waals surface area contributed by atoms with Crippen molar-refractivity contribution in [1.29, 1.82) is 0 Å². The van der Waals surface area contributed by atoms with E-state index < -0.39 is 17.5 Å². The van der Waals surface area contributed by atoms with Crippen molar-refractivity contribution >= 4 is 17.4 Å². The van der Waals surface area contributed by atoms with E-state index in [0.29, 0.717) is 5.56 Å². The van der Waals surface area contributed by atoms with Gasteiger partial charge in [0.1, 0.15) is 11.6 Å². The van der Waals surface area contributed by atoms with Crippen molar-refractivity contribution < 1.29 is 18.0 Å². The van der Waals surface area contributed by atoms with Crippen molar-refractivity contribution in [3.63, 3.8) is 0 Å². The van der Waals surface area contributed by atoms with E-state index in [2.05, 4.69) is 0 Å². The van der Waals surface area contributed by atoms with Crippen LogP contribution in [0.25, 0.3) is 0 Å². The molecule has 0 radical (unpaired) electrons. The first-order valence-corrected chi connectivity index (χ1v) is 6.23. The molecule has 104 valence electrons. The molecule has 0 aliphatic carbocycles. The average Bonchev–Trinajstić information content (AvgIpc) is 2.39. The first-order chi connectivity index (χ1) is 9.47. The first kappa shape index (κ1) is 14.6. The zero-order valence-electron chi connectivity index (χ0n) is 10.3. The van der Waals surface area contributed by atoms with Crippen LogP contribution in [0.5, 0.6) is 0 Å². The van der Waals surface area contributed by atoms with Gasteiger partial charge in [0.15, 0.2) is 11.6 Å². The Morgan fingerprint density at radius 3 is 2.45 bits per heavy atom. The van der Waals surface area contributed by atoms with E-state index in [1.165, 1.54) is 24.3 Å². The molecular weight excluding hydrogens is 289 g/mol.